The lowest BCUT2D eigenvalue weighted by Crippen LogP contribution is -2.28. The van der Waals surface area contributed by atoms with E-state index in [-0.39, 0.29) is 5.78 Å². The predicted molar refractivity (Wildman–Crippen MR) is 136 cm³/mol. The van der Waals surface area contributed by atoms with E-state index in [1.54, 1.807) is 18.7 Å². The third-order valence-corrected chi connectivity index (χ3v) is 6.86. The quantitative estimate of drug-likeness (QED) is 0.257. The molecule has 0 spiro atoms. The van der Waals surface area contributed by atoms with Crippen molar-refractivity contribution in [2.45, 2.75) is 51.4 Å². The molecule has 1 aliphatic rings. The minimum Gasteiger partial charge on any atom is -0.489 e. The van der Waals surface area contributed by atoms with Gasteiger partial charge in [0.05, 0.1) is 0 Å². The Morgan fingerprint density at radius 2 is 2.03 bits per heavy atom. The smallest absolute Gasteiger partial charge is 0.227 e. The third kappa shape index (κ3) is 5.33. The molecule has 0 amide bonds. The Hall–Kier alpha value is -2.58. The van der Waals surface area contributed by atoms with Crippen LogP contribution >= 0.6 is 27.7 Å². The number of thioether (sulfide) groups is 1. The summed E-state index contributed by atoms with van der Waals surface area (Å²) < 4.78 is 8.97. The fourth-order valence-corrected chi connectivity index (χ4v) is 5.13. The van der Waals surface area contributed by atoms with Crippen LogP contribution in [0.15, 0.2) is 69.4 Å². The number of fused-ring (bicyclic) bond motifs is 1. The molecular weight excluding hydrogens is 500 g/mol. The lowest BCUT2D eigenvalue weighted by atomic mass is 9.92. The lowest BCUT2D eigenvalue weighted by Gasteiger charge is -2.29. The van der Waals surface area contributed by atoms with Crippen LogP contribution in [-0.4, -0.2) is 26.3 Å². The van der Waals surface area contributed by atoms with Gasteiger partial charge in [0.15, 0.2) is 5.78 Å². The van der Waals surface area contributed by atoms with Crippen LogP contribution in [0.1, 0.15) is 50.8 Å². The highest BCUT2D eigenvalue weighted by molar-refractivity contribution is 9.10. The van der Waals surface area contributed by atoms with Crippen molar-refractivity contribution in [1.82, 2.24) is 14.8 Å². The topological polar surface area (TPSA) is 69.0 Å². The number of Topliss-reactive ketones (excluding diaryl/α,β-unsaturated/α-hetero) is 1. The summed E-state index contributed by atoms with van der Waals surface area (Å²) in [5.74, 6) is 2.29. The number of carbonyl (C=O) groups excluding carboxylic acids is 1. The number of hydrogen-bond donors (Lipinski definition) is 1. The summed E-state index contributed by atoms with van der Waals surface area (Å²) in [6.07, 6.45) is 2.22. The minimum atomic E-state index is -0.435. The Bertz CT molecular complexity index is 1180. The van der Waals surface area contributed by atoms with Crippen molar-refractivity contribution in [3.05, 3.63) is 75.4 Å². The molecular formula is C25H27BrN4O2S. The Labute approximate surface area is 207 Å². The van der Waals surface area contributed by atoms with Gasteiger partial charge in [0.2, 0.25) is 11.1 Å². The zero-order valence-electron chi connectivity index (χ0n) is 19.0. The van der Waals surface area contributed by atoms with Crippen molar-refractivity contribution in [2.75, 3.05) is 11.1 Å². The third-order valence-electron chi connectivity index (χ3n) is 5.45. The molecule has 33 heavy (non-hydrogen) atoms. The number of anilines is 1. The monoisotopic (exact) mass is 526 g/mol. The van der Waals surface area contributed by atoms with Gasteiger partial charge in [0.25, 0.3) is 0 Å². The molecule has 6 nitrogen and oxygen atoms in total. The number of halogens is 1. The van der Waals surface area contributed by atoms with Crippen molar-refractivity contribution in [3.63, 3.8) is 0 Å². The molecule has 3 aromatic rings. The summed E-state index contributed by atoms with van der Waals surface area (Å²) in [6.45, 7) is 6.10. The Morgan fingerprint density at radius 3 is 2.76 bits per heavy atom. The standard InChI is InChI=1S/C25H27BrN4O2S/c1-4-5-13-33-25-28-24-27-16(2)22(17(3)31)23(30(24)29-25)20-14-19(26)11-12-21(20)32-15-18-9-7-6-8-10-18/h6-12,14,23H,4-5,13,15H2,1-3H3,(H,27,28,29). The second-order valence-electron chi connectivity index (χ2n) is 7.94. The number of unbranched alkanes of at least 4 members (excludes halogenated alkanes) is 1. The highest BCUT2D eigenvalue weighted by Gasteiger charge is 2.34. The summed E-state index contributed by atoms with van der Waals surface area (Å²) in [5, 5.41) is 8.77. The van der Waals surface area contributed by atoms with E-state index in [9.17, 15) is 4.79 Å². The molecule has 0 bridgehead atoms. The second kappa shape index (κ2) is 10.6. The zero-order valence-corrected chi connectivity index (χ0v) is 21.4. The van der Waals surface area contributed by atoms with Gasteiger partial charge in [-0.15, -0.1) is 5.10 Å². The van der Waals surface area contributed by atoms with Crippen molar-refractivity contribution >= 4 is 39.4 Å². The van der Waals surface area contributed by atoms with Crippen molar-refractivity contribution < 1.29 is 9.53 Å². The second-order valence-corrected chi connectivity index (χ2v) is 9.92. The summed E-state index contributed by atoms with van der Waals surface area (Å²) in [4.78, 5) is 17.5. The number of benzene rings is 2. The number of nitrogens with zero attached hydrogens (tertiary/aromatic N) is 3. The van der Waals surface area contributed by atoms with E-state index >= 15 is 0 Å². The van der Waals surface area contributed by atoms with Crippen LogP contribution in [0.5, 0.6) is 5.75 Å². The van der Waals surface area contributed by atoms with Gasteiger partial charge >= 0.3 is 0 Å². The van der Waals surface area contributed by atoms with E-state index in [1.165, 1.54) is 0 Å². The Balaban J connectivity index is 1.75. The van der Waals surface area contributed by atoms with E-state index in [2.05, 4.69) is 28.2 Å². The first-order valence-corrected chi connectivity index (χ1v) is 12.8. The summed E-state index contributed by atoms with van der Waals surface area (Å²) in [5.41, 5.74) is 3.38. The molecule has 1 aromatic heterocycles. The molecule has 172 valence electrons. The Morgan fingerprint density at radius 1 is 1.24 bits per heavy atom. The van der Waals surface area contributed by atoms with Crippen LogP contribution in [0.4, 0.5) is 5.95 Å². The van der Waals surface area contributed by atoms with Gasteiger partial charge in [-0.2, -0.15) is 4.98 Å². The van der Waals surface area contributed by atoms with Gasteiger partial charge in [-0.05, 0) is 44.0 Å². The number of ether oxygens (including phenoxy) is 1. The van der Waals surface area contributed by atoms with E-state index < -0.39 is 6.04 Å². The number of allylic oxidation sites excluding steroid dienone is 2. The largest absolute Gasteiger partial charge is 0.489 e. The molecule has 0 fully saturated rings. The van der Waals surface area contributed by atoms with E-state index in [0.717, 1.165) is 39.9 Å². The number of hydrogen-bond acceptors (Lipinski definition) is 6. The molecule has 0 saturated carbocycles. The first-order valence-electron chi connectivity index (χ1n) is 11.0. The molecule has 2 aromatic carbocycles. The van der Waals surface area contributed by atoms with Crippen LogP contribution in [-0.2, 0) is 11.4 Å². The van der Waals surface area contributed by atoms with Gasteiger partial charge in [-0.3, -0.25) is 4.79 Å². The van der Waals surface area contributed by atoms with Crippen LogP contribution in [0.3, 0.4) is 0 Å². The molecule has 8 heteroatoms. The number of aromatic nitrogens is 3. The zero-order chi connectivity index (χ0) is 23.4. The predicted octanol–water partition coefficient (Wildman–Crippen LogP) is 6.39. The van der Waals surface area contributed by atoms with E-state index in [1.807, 2.05) is 60.1 Å². The fourth-order valence-electron chi connectivity index (χ4n) is 3.84. The molecule has 4 rings (SSSR count). The van der Waals surface area contributed by atoms with Gasteiger partial charge in [-0.25, -0.2) is 4.68 Å². The SMILES string of the molecule is CCCCSc1nc2n(n1)C(c1cc(Br)ccc1OCc1ccccc1)C(C(C)=O)=C(C)N2. The maximum atomic E-state index is 12.8. The summed E-state index contributed by atoms with van der Waals surface area (Å²) in [6, 6.07) is 15.5. The average molecular weight is 527 g/mol. The maximum absolute atomic E-state index is 12.8. The van der Waals surface area contributed by atoms with E-state index in [4.69, 9.17) is 14.8 Å². The lowest BCUT2D eigenvalue weighted by molar-refractivity contribution is -0.114. The number of nitrogens with one attached hydrogen (secondary N) is 1. The number of rotatable bonds is 9. The fraction of sp³-hybridized carbons (Fsp3) is 0.320. The summed E-state index contributed by atoms with van der Waals surface area (Å²) in [7, 11) is 0. The van der Waals surface area contributed by atoms with Crippen molar-refractivity contribution in [3.8, 4) is 5.75 Å². The molecule has 0 aliphatic carbocycles. The molecule has 0 saturated heterocycles. The van der Waals surface area contributed by atoms with Gasteiger partial charge in [-0.1, -0.05) is 71.4 Å². The van der Waals surface area contributed by atoms with Gasteiger partial charge in [0.1, 0.15) is 18.4 Å². The van der Waals surface area contributed by atoms with Gasteiger partial charge in [0, 0.05) is 27.1 Å². The first kappa shape index (κ1) is 23.6. The molecule has 2 heterocycles. The highest BCUT2D eigenvalue weighted by Crippen LogP contribution is 2.41. The number of ketones is 1. The summed E-state index contributed by atoms with van der Waals surface area (Å²) >= 11 is 5.23. The number of carbonyl (C=O) groups is 1. The molecule has 0 radical (unpaired) electrons. The van der Waals surface area contributed by atoms with Gasteiger partial charge < -0.3 is 10.1 Å². The minimum absolute atomic E-state index is 0.0136. The maximum Gasteiger partial charge on any atom is 0.227 e. The molecule has 1 unspecified atom stereocenters. The molecule has 1 aliphatic heterocycles. The highest BCUT2D eigenvalue weighted by atomic mass is 79.9. The van der Waals surface area contributed by atoms with Crippen molar-refractivity contribution in [2.24, 2.45) is 0 Å². The van der Waals surface area contributed by atoms with E-state index in [0.29, 0.717) is 29.0 Å². The van der Waals surface area contributed by atoms with Crippen LogP contribution in [0, 0.1) is 0 Å². The van der Waals surface area contributed by atoms with Crippen LogP contribution in [0.25, 0.3) is 0 Å². The Kier molecular flexibility index (Phi) is 7.55. The molecule has 1 atom stereocenters. The van der Waals surface area contributed by atoms with Crippen LogP contribution in [0.2, 0.25) is 0 Å². The normalized spacial score (nSPS) is 15.2. The first-order chi connectivity index (χ1) is 16.0. The van der Waals surface area contributed by atoms with Crippen molar-refractivity contribution in [1.29, 1.82) is 0 Å². The molecule has 1 N–H and O–H groups in total. The average Bonchev–Trinajstić information content (AvgIpc) is 3.20. The van der Waals surface area contributed by atoms with Crippen LogP contribution < -0.4 is 10.1 Å².